The van der Waals surface area contributed by atoms with Crippen LogP contribution in [0.25, 0.3) is 6.08 Å². The van der Waals surface area contributed by atoms with Crippen LogP contribution in [-0.4, -0.2) is 56.1 Å². The Balaban J connectivity index is 1.60. The molecule has 0 aromatic carbocycles. The molecule has 3 aliphatic rings. The van der Waals surface area contributed by atoms with Crippen molar-refractivity contribution in [1.29, 1.82) is 0 Å². The molecule has 7 heteroatoms. The van der Waals surface area contributed by atoms with Crippen LogP contribution in [0.5, 0.6) is 0 Å². The van der Waals surface area contributed by atoms with Crippen molar-refractivity contribution in [3.63, 3.8) is 0 Å². The van der Waals surface area contributed by atoms with Gasteiger partial charge in [0.1, 0.15) is 0 Å². The van der Waals surface area contributed by atoms with Crippen LogP contribution in [0, 0.1) is 11.8 Å². The van der Waals surface area contributed by atoms with Gasteiger partial charge in [-0.1, -0.05) is 18.2 Å². The summed E-state index contributed by atoms with van der Waals surface area (Å²) in [4.78, 5) is 35.9. The second-order valence-electron chi connectivity index (χ2n) is 9.39. The van der Waals surface area contributed by atoms with Gasteiger partial charge in [-0.15, -0.1) is 0 Å². The molecule has 7 nitrogen and oxygen atoms in total. The summed E-state index contributed by atoms with van der Waals surface area (Å²) in [5, 5.41) is 10.5. The van der Waals surface area contributed by atoms with E-state index in [0.29, 0.717) is 18.7 Å². The van der Waals surface area contributed by atoms with Gasteiger partial charge in [-0.3, -0.25) is 19.5 Å². The van der Waals surface area contributed by atoms with Gasteiger partial charge in [-0.05, 0) is 50.5 Å². The Morgan fingerprint density at radius 1 is 1.18 bits per heavy atom. The Morgan fingerprint density at radius 2 is 2.00 bits per heavy atom. The fraction of sp³-hybridized carbons (Fsp3) is 0.500. The zero-order valence-corrected chi connectivity index (χ0v) is 19.1. The molecule has 2 aromatic rings. The van der Waals surface area contributed by atoms with Crippen LogP contribution in [0.3, 0.4) is 0 Å². The van der Waals surface area contributed by atoms with Crippen molar-refractivity contribution in [3.8, 4) is 0 Å². The minimum Gasteiger partial charge on any atom is -0.396 e. The summed E-state index contributed by atoms with van der Waals surface area (Å²) in [6, 6.07) is 9.35. The molecule has 2 bridgehead atoms. The van der Waals surface area contributed by atoms with Crippen LogP contribution >= 0.6 is 0 Å². The highest BCUT2D eigenvalue weighted by molar-refractivity contribution is 5.81. The Labute approximate surface area is 194 Å². The maximum Gasteiger partial charge on any atom is 0.258 e. The number of aliphatic hydroxyl groups is 1. The predicted octanol–water partition coefficient (Wildman–Crippen LogP) is 2.45. The third-order valence-electron chi connectivity index (χ3n) is 7.57. The summed E-state index contributed by atoms with van der Waals surface area (Å²) in [5.74, 6) is -0.481. The van der Waals surface area contributed by atoms with Crippen LogP contribution in [0.4, 0.5) is 0 Å². The first kappa shape index (κ1) is 22.0. The van der Waals surface area contributed by atoms with Gasteiger partial charge in [0.2, 0.25) is 5.91 Å². The Bertz CT molecular complexity index is 1090. The number of pyridine rings is 2. The van der Waals surface area contributed by atoms with Crippen LogP contribution in [0.15, 0.2) is 47.4 Å². The molecular weight excluding hydrogens is 416 g/mol. The molecule has 2 saturated heterocycles. The topological polar surface area (TPSA) is 78.7 Å². The average Bonchev–Trinajstić information content (AvgIpc) is 3.05. The molecule has 174 valence electrons. The van der Waals surface area contributed by atoms with Crippen LogP contribution in [0.2, 0.25) is 0 Å². The van der Waals surface area contributed by atoms with Crippen LogP contribution in [0.1, 0.15) is 49.2 Å². The molecule has 0 saturated carbocycles. The van der Waals surface area contributed by atoms with Crippen molar-refractivity contribution < 1.29 is 9.90 Å². The lowest BCUT2D eigenvalue weighted by molar-refractivity contribution is -0.139. The summed E-state index contributed by atoms with van der Waals surface area (Å²) in [7, 11) is 0. The Morgan fingerprint density at radius 3 is 2.70 bits per heavy atom. The van der Waals surface area contributed by atoms with Gasteiger partial charge in [0.25, 0.3) is 5.56 Å². The summed E-state index contributed by atoms with van der Waals surface area (Å²) in [6.07, 6.45) is 8.68. The molecule has 4 atom stereocenters. The number of amides is 1. The smallest absolute Gasteiger partial charge is 0.258 e. The molecule has 1 N–H and O–H groups in total. The van der Waals surface area contributed by atoms with Crippen molar-refractivity contribution in [2.24, 2.45) is 11.8 Å². The first-order chi connectivity index (χ1) is 16.1. The van der Waals surface area contributed by atoms with E-state index >= 15 is 0 Å². The zero-order chi connectivity index (χ0) is 22.9. The maximum absolute atomic E-state index is 13.8. The van der Waals surface area contributed by atoms with E-state index < -0.39 is 0 Å². The number of likely N-dealkylation sites (tertiary alicyclic amines) is 1. The van der Waals surface area contributed by atoms with Gasteiger partial charge in [-0.25, -0.2) is 0 Å². The highest BCUT2D eigenvalue weighted by atomic mass is 16.3. The molecule has 0 aliphatic carbocycles. The monoisotopic (exact) mass is 448 g/mol. The lowest BCUT2D eigenvalue weighted by Crippen LogP contribution is -2.46. The molecule has 3 aliphatic heterocycles. The summed E-state index contributed by atoms with van der Waals surface area (Å²) >= 11 is 0. The molecular formula is C26H32N4O3. The van der Waals surface area contributed by atoms with Crippen molar-refractivity contribution in [2.75, 3.05) is 19.7 Å². The van der Waals surface area contributed by atoms with Crippen LogP contribution in [-0.2, 0) is 17.9 Å². The fourth-order valence-corrected chi connectivity index (χ4v) is 6.05. The summed E-state index contributed by atoms with van der Waals surface area (Å²) < 4.78 is 1.84. The number of piperidine rings is 1. The number of fused-ring (bicyclic) bond motifs is 4. The molecule has 0 radical (unpaired) electrons. The average molecular weight is 449 g/mol. The lowest BCUT2D eigenvalue weighted by Gasteiger charge is -2.38. The normalized spacial score (nSPS) is 27.2. The lowest BCUT2D eigenvalue weighted by atomic mass is 9.85. The second-order valence-corrected chi connectivity index (χ2v) is 9.39. The second kappa shape index (κ2) is 9.23. The number of rotatable bonds is 5. The minimum absolute atomic E-state index is 0.0270. The van der Waals surface area contributed by atoms with E-state index in [0.717, 1.165) is 43.7 Å². The highest BCUT2D eigenvalue weighted by Crippen LogP contribution is 2.49. The van der Waals surface area contributed by atoms with E-state index in [1.54, 1.807) is 6.20 Å². The SMILES string of the molecule is CC=Cc1ccc2n(c1=O)C[C@H]1[C@H](CO)[C@@H](C(=O)N3CCCCC3)[C@@H]2N1Cc1ccccn1. The number of aliphatic hydroxyl groups excluding tert-OH is 1. The van der Waals surface area contributed by atoms with Crippen molar-refractivity contribution >= 4 is 12.0 Å². The third kappa shape index (κ3) is 3.83. The zero-order valence-electron chi connectivity index (χ0n) is 19.1. The summed E-state index contributed by atoms with van der Waals surface area (Å²) in [5.41, 5.74) is 2.42. The van der Waals surface area contributed by atoms with E-state index in [1.165, 1.54) is 0 Å². The van der Waals surface area contributed by atoms with Gasteiger partial charge in [0, 0.05) is 62.2 Å². The Hall–Kier alpha value is -2.77. The molecule has 2 fully saturated rings. The molecule has 0 spiro atoms. The number of carbonyl (C=O) groups excluding carboxylic acids is 1. The van der Waals surface area contributed by atoms with E-state index in [1.807, 2.05) is 58.9 Å². The third-order valence-corrected chi connectivity index (χ3v) is 7.57. The molecule has 2 aromatic heterocycles. The van der Waals surface area contributed by atoms with Gasteiger partial charge in [-0.2, -0.15) is 0 Å². The summed E-state index contributed by atoms with van der Waals surface area (Å²) in [6.45, 7) is 4.43. The quantitative estimate of drug-likeness (QED) is 0.760. The minimum atomic E-state index is -0.373. The van der Waals surface area contributed by atoms with Gasteiger partial charge in [0.15, 0.2) is 0 Å². The van der Waals surface area contributed by atoms with E-state index in [2.05, 4.69) is 9.88 Å². The number of hydrogen-bond donors (Lipinski definition) is 1. The predicted molar refractivity (Wildman–Crippen MR) is 126 cm³/mol. The number of aromatic nitrogens is 2. The van der Waals surface area contributed by atoms with Crippen molar-refractivity contribution in [1.82, 2.24) is 19.4 Å². The standard InChI is InChI=1S/C26H32N4O3/c1-2-8-18-10-11-21-24-23(26(33)28-13-6-3-7-14-28)20(17-31)22(16-30(21)25(18)32)29(24)15-19-9-4-5-12-27-19/h2,4-5,8-12,20,22-24,31H,3,6-7,13-17H2,1H3/t20-,22-,23+,24+/m0/s1. The van der Waals surface area contributed by atoms with Crippen molar-refractivity contribution in [3.05, 3.63) is 69.9 Å². The van der Waals surface area contributed by atoms with Crippen molar-refractivity contribution in [2.45, 2.75) is 51.4 Å². The van der Waals surface area contributed by atoms with Gasteiger partial charge >= 0.3 is 0 Å². The largest absolute Gasteiger partial charge is 0.396 e. The van der Waals surface area contributed by atoms with Crippen LogP contribution < -0.4 is 5.56 Å². The van der Waals surface area contributed by atoms with E-state index in [4.69, 9.17) is 0 Å². The first-order valence-corrected chi connectivity index (χ1v) is 12.1. The van der Waals surface area contributed by atoms with Gasteiger partial charge < -0.3 is 14.6 Å². The van der Waals surface area contributed by atoms with E-state index in [-0.39, 0.29) is 42.0 Å². The number of carbonyl (C=O) groups is 1. The van der Waals surface area contributed by atoms with Gasteiger partial charge in [0.05, 0.1) is 17.7 Å². The molecule has 5 heterocycles. The van der Waals surface area contributed by atoms with E-state index in [9.17, 15) is 14.7 Å². The number of nitrogens with zero attached hydrogens (tertiary/aromatic N) is 4. The molecule has 5 rings (SSSR count). The first-order valence-electron chi connectivity index (χ1n) is 12.1. The maximum atomic E-state index is 13.8. The fourth-order valence-electron chi connectivity index (χ4n) is 6.05. The molecule has 33 heavy (non-hydrogen) atoms. The highest BCUT2D eigenvalue weighted by Gasteiger charge is 2.56. The Kier molecular flexibility index (Phi) is 6.17. The molecule has 1 amide bonds. The number of hydrogen-bond acceptors (Lipinski definition) is 5. The number of allylic oxidation sites excluding steroid dienone is 1. The molecule has 0 unspecified atom stereocenters.